The molecule has 2 aliphatic heterocycles. The van der Waals surface area contributed by atoms with Gasteiger partial charge in [-0.25, -0.2) is 0 Å². The highest BCUT2D eigenvalue weighted by atomic mass is 35.5. The lowest BCUT2D eigenvalue weighted by atomic mass is 10.1. The van der Waals surface area contributed by atoms with Crippen molar-refractivity contribution in [2.45, 2.75) is 13.3 Å². The van der Waals surface area contributed by atoms with Crippen molar-refractivity contribution >= 4 is 51.4 Å². The molecule has 1 amide bonds. The summed E-state index contributed by atoms with van der Waals surface area (Å²) in [6.45, 7) is 2.42. The molecule has 9 nitrogen and oxygen atoms in total. The standard InChI is InChI=1S/C24H23ClN4O5S/c1-4-20-28-29-22(26)15(23(30)27-24(29)35-20)11-14-12-16(25)21(19(13-14)32-3)34-10-9-33-18-8-6-5-7-17(18)31-2/h5-8,11-13,26H,4,9-10H2,1-3H3/b15-11+,26-22?. The van der Waals surface area contributed by atoms with Crippen molar-refractivity contribution < 1.29 is 23.7 Å². The van der Waals surface area contributed by atoms with E-state index in [4.69, 9.17) is 36.0 Å². The van der Waals surface area contributed by atoms with Crippen LogP contribution in [0.15, 0.2) is 52.1 Å². The number of nitrogens with zero attached hydrogens (tertiary/aromatic N) is 3. The number of hydrogen-bond acceptors (Lipinski definition) is 8. The summed E-state index contributed by atoms with van der Waals surface area (Å²) in [5, 5.41) is 15.6. The molecule has 0 radical (unpaired) electrons. The van der Waals surface area contributed by atoms with Crippen LogP contribution in [-0.2, 0) is 4.79 Å². The Morgan fingerprint density at radius 1 is 1.09 bits per heavy atom. The normalized spacial score (nSPS) is 16.1. The molecule has 0 aromatic heterocycles. The number of amides is 1. The van der Waals surface area contributed by atoms with E-state index in [9.17, 15) is 4.79 Å². The summed E-state index contributed by atoms with van der Waals surface area (Å²) in [7, 11) is 3.07. The molecule has 0 atom stereocenters. The smallest absolute Gasteiger partial charge is 0.283 e. The second kappa shape index (κ2) is 10.8. The monoisotopic (exact) mass is 514 g/mol. The van der Waals surface area contributed by atoms with Crippen molar-refractivity contribution in [3.63, 3.8) is 0 Å². The quantitative estimate of drug-likeness (QED) is 0.377. The molecule has 182 valence electrons. The minimum Gasteiger partial charge on any atom is -0.493 e. The number of rotatable bonds is 9. The number of nitrogens with one attached hydrogen (secondary N) is 1. The second-order valence-corrected chi connectivity index (χ2v) is 8.70. The third kappa shape index (κ3) is 5.28. The molecule has 0 aliphatic carbocycles. The molecule has 35 heavy (non-hydrogen) atoms. The lowest BCUT2D eigenvalue weighted by Crippen LogP contribution is -2.35. The number of halogens is 1. The van der Waals surface area contributed by atoms with Gasteiger partial charge in [0.1, 0.15) is 18.3 Å². The fourth-order valence-electron chi connectivity index (χ4n) is 3.34. The van der Waals surface area contributed by atoms with Crippen LogP contribution in [0.2, 0.25) is 5.02 Å². The zero-order valence-corrected chi connectivity index (χ0v) is 20.9. The van der Waals surface area contributed by atoms with E-state index < -0.39 is 5.91 Å². The number of amidine groups is 2. The molecule has 2 aliphatic rings. The Hall–Kier alpha value is -3.50. The highest BCUT2D eigenvalue weighted by Crippen LogP contribution is 2.38. The van der Waals surface area contributed by atoms with E-state index in [1.54, 1.807) is 25.3 Å². The number of aliphatic imine (C=N–C) groups is 1. The minimum absolute atomic E-state index is 0.0418. The minimum atomic E-state index is -0.509. The Morgan fingerprint density at radius 2 is 1.80 bits per heavy atom. The van der Waals surface area contributed by atoms with Crippen LogP contribution in [0, 0.1) is 5.41 Å². The van der Waals surface area contributed by atoms with Crippen LogP contribution in [-0.4, -0.2) is 54.4 Å². The zero-order valence-electron chi connectivity index (χ0n) is 19.3. The molecule has 0 bridgehead atoms. The number of carbonyl (C=O) groups excluding carboxylic acids is 1. The molecule has 1 N–H and O–H groups in total. The average molecular weight is 515 g/mol. The summed E-state index contributed by atoms with van der Waals surface area (Å²) in [5.41, 5.74) is 0.662. The molecule has 2 heterocycles. The van der Waals surface area contributed by atoms with E-state index >= 15 is 0 Å². The van der Waals surface area contributed by atoms with Crippen molar-refractivity contribution in [2.75, 3.05) is 27.4 Å². The summed E-state index contributed by atoms with van der Waals surface area (Å²) >= 11 is 7.77. The fourth-order valence-corrected chi connectivity index (χ4v) is 4.44. The Kier molecular flexibility index (Phi) is 7.62. The Bertz CT molecular complexity index is 1260. The number of benzene rings is 2. The first-order valence-electron chi connectivity index (χ1n) is 10.7. The first-order chi connectivity index (χ1) is 16.9. The number of ether oxygens (including phenoxy) is 4. The molecule has 11 heteroatoms. The fraction of sp³-hybridized carbons (Fsp3) is 0.250. The van der Waals surface area contributed by atoms with Gasteiger partial charge in [-0.05, 0) is 54.1 Å². The van der Waals surface area contributed by atoms with Gasteiger partial charge in [0.25, 0.3) is 5.91 Å². The number of carbonyl (C=O) groups is 1. The molecule has 0 unspecified atom stereocenters. The van der Waals surface area contributed by atoms with Crippen molar-refractivity contribution in [1.82, 2.24) is 5.01 Å². The molecule has 0 spiro atoms. The van der Waals surface area contributed by atoms with Crippen LogP contribution < -0.4 is 18.9 Å². The van der Waals surface area contributed by atoms with Crippen LogP contribution in [0.5, 0.6) is 23.0 Å². The summed E-state index contributed by atoms with van der Waals surface area (Å²) in [6.07, 6.45) is 2.23. The van der Waals surface area contributed by atoms with Crippen molar-refractivity contribution in [3.8, 4) is 23.0 Å². The van der Waals surface area contributed by atoms with Gasteiger partial charge in [0.2, 0.25) is 5.17 Å². The Morgan fingerprint density at radius 3 is 2.51 bits per heavy atom. The van der Waals surface area contributed by atoms with E-state index in [0.717, 1.165) is 5.04 Å². The van der Waals surface area contributed by atoms with Crippen LogP contribution in [0.25, 0.3) is 6.08 Å². The maximum atomic E-state index is 12.6. The third-order valence-corrected chi connectivity index (χ3v) is 6.35. The number of thioether (sulfide) groups is 1. The SMILES string of the molecule is CCC1=NN2C(=N)/C(=C\c3cc(Cl)c(OCCOc4ccccc4OC)c(OC)c3)C(=O)N=C2S1. The predicted octanol–water partition coefficient (Wildman–Crippen LogP) is 4.84. The van der Waals surface area contributed by atoms with Crippen LogP contribution >= 0.6 is 23.4 Å². The summed E-state index contributed by atoms with van der Waals surface area (Å²) in [6, 6.07) is 10.6. The van der Waals surface area contributed by atoms with Gasteiger partial charge in [-0.1, -0.05) is 30.7 Å². The Labute approximate surface area is 211 Å². The molecule has 0 fully saturated rings. The number of fused-ring (bicyclic) bond motifs is 1. The van der Waals surface area contributed by atoms with Crippen LogP contribution in [0.1, 0.15) is 18.9 Å². The number of methoxy groups -OCH3 is 2. The topological polar surface area (TPSA) is 106 Å². The number of para-hydroxylation sites is 2. The van der Waals surface area contributed by atoms with Gasteiger partial charge in [0, 0.05) is 0 Å². The van der Waals surface area contributed by atoms with Gasteiger partial charge in [-0.15, -0.1) is 0 Å². The lowest BCUT2D eigenvalue weighted by molar-refractivity contribution is -0.114. The number of hydrogen-bond donors (Lipinski definition) is 1. The van der Waals surface area contributed by atoms with E-state index in [-0.39, 0.29) is 29.6 Å². The van der Waals surface area contributed by atoms with Crippen molar-refractivity contribution in [1.29, 1.82) is 5.41 Å². The van der Waals surface area contributed by atoms with E-state index in [1.165, 1.54) is 30.0 Å². The molecule has 0 saturated heterocycles. The highest BCUT2D eigenvalue weighted by molar-refractivity contribution is 8.26. The largest absolute Gasteiger partial charge is 0.493 e. The van der Waals surface area contributed by atoms with Gasteiger partial charge in [-0.3, -0.25) is 10.2 Å². The van der Waals surface area contributed by atoms with Crippen molar-refractivity contribution in [2.24, 2.45) is 10.1 Å². The zero-order chi connectivity index (χ0) is 24.9. The van der Waals surface area contributed by atoms with Gasteiger partial charge in [0.15, 0.2) is 28.8 Å². The van der Waals surface area contributed by atoms with E-state index in [0.29, 0.717) is 40.1 Å². The highest BCUT2D eigenvalue weighted by Gasteiger charge is 2.35. The molecular weight excluding hydrogens is 492 g/mol. The van der Waals surface area contributed by atoms with Crippen LogP contribution in [0.3, 0.4) is 0 Å². The van der Waals surface area contributed by atoms with Gasteiger partial charge < -0.3 is 18.9 Å². The first-order valence-corrected chi connectivity index (χ1v) is 11.9. The molecular formula is C24H23ClN4O5S. The lowest BCUT2D eigenvalue weighted by Gasteiger charge is -2.20. The van der Waals surface area contributed by atoms with Gasteiger partial charge in [0.05, 0.1) is 24.8 Å². The summed E-state index contributed by atoms with van der Waals surface area (Å²) in [4.78, 5) is 16.7. The predicted molar refractivity (Wildman–Crippen MR) is 137 cm³/mol. The maximum absolute atomic E-state index is 12.6. The van der Waals surface area contributed by atoms with E-state index in [2.05, 4.69) is 10.1 Å². The average Bonchev–Trinajstić information content (AvgIpc) is 3.28. The van der Waals surface area contributed by atoms with E-state index in [1.807, 2.05) is 25.1 Å². The van der Waals surface area contributed by atoms with Crippen LogP contribution in [0.4, 0.5) is 0 Å². The molecule has 2 aromatic rings. The van der Waals surface area contributed by atoms with Gasteiger partial charge >= 0.3 is 0 Å². The molecule has 0 saturated carbocycles. The second-order valence-electron chi connectivity index (χ2n) is 7.25. The summed E-state index contributed by atoms with van der Waals surface area (Å²) in [5.74, 6) is 1.41. The third-order valence-electron chi connectivity index (χ3n) is 5.02. The van der Waals surface area contributed by atoms with Crippen molar-refractivity contribution in [3.05, 3.63) is 52.6 Å². The van der Waals surface area contributed by atoms with Gasteiger partial charge in [-0.2, -0.15) is 15.1 Å². The molecule has 4 rings (SSSR count). The maximum Gasteiger partial charge on any atom is 0.283 e. The Balaban J connectivity index is 1.49. The first kappa shape index (κ1) is 24.6. The summed E-state index contributed by atoms with van der Waals surface area (Å²) < 4.78 is 22.3. The molecule has 2 aromatic carbocycles. The number of hydrazone groups is 1.